The molecular formula is C33H61N3O7. The van der Waals surface area contributed by atoms with Crippen molar-refractivity contribution in [3.05, 3.63) is 0 Å². The fourth-order valence-corrected chi connectivity index (χ4v) is 7.62. The van der Waals surface area contributed by atoms with Crippen molar-refractivity contribution in [2.75, 3.05) is 55.0 Å². The number of ketones is 1. The molecule has 0 aromatic carbocycles. The Kier molecular flexibility index (Phi) is 12.3. The molecule has 0 radical (unpaired) electrons. The number of carbonyl (C=O) groups is 2. The van der Waals surface area contributed by atoms with E-state index in [0.29, 0.717) is 24.8 Å². The van der Waals surface area contributed by atoms with Crippen LogP contribution in [0.2, 0.25) is 0 Å². The average Bonchev–Trinajstić information content (AvgIpc) is 2.91. The summed E-state index contributed by atoms with van der Waals surface area (Å²) in [6.07, 6.45) is 0.597. The molecule has 43 heavy (non-hydrogen) atoms. The van der Waals surface area contributed by atoms with Crippen LogP contribution in [0.4, 0.5) is 0 Å². The summed E-state index contributed by atoms with van der Waals surface area (Å²) in [5.41, 5.74) is -2.30. The third-order valence-electron chi connectivity index (χ3n) is 10.7. The number of carbonyl (C=O) groups excluding carboxylic acids is 2. The van der Waals surface area contributed by atoms with Gasteiger partial charge < -0.3 is 33.9 Å². The zero-order valence-electron chi connectivity index (χ0n) is 29.0. The second-order valence-corrected chi connectivity index (χ2v) is 14.8. The second-order valence-electron chi connectivity index (χ2n) is 14.8. The predicted molar refractivity (Wildman–Crippen MR) is 167 cm³/mol. The molecule has 9 atom stereocenters. The molecule has 2 heterocycles. The third kappa shape index (κ3) is 7.99. The number of likely N-dealkylation sites (N-methyl/N-ethyl adjacent to an activating group) is 2. The molecule has 0 bridgehead atoms. The Labute approximate surface area is 260 Å². The second kappa shape index (κ2) is 14.5. The van der Waals surface area contributed by atoms with Gasteiger partial charge in [0.25, 0.3) is 0 Å². The van der Waals surface area contributed by atoms with E-state index in [1.165, 1.54) is 0 Å². The maximum Gasteiger partial charge on any atom is 0.319 e. The highest BCUT2D eigenvalue weighted by atomic mass is 16.7. The smallest absolute Gasteiger partial charge is 0.319 e. The molecule has 10 heteroatoms. The Balaban J connectivity index is 1.95. The van der Waals surface area contributed by atoms with Crippen molar-refractivity contribution in [3.63, 3.8) is 0 Å². The number of aliphatic hydroxyl groups is 1. The van der Waals surface area contributed by atoms with Crippen LogP contribution in [0.5, 0.6) is 0 Å². The number of Topliss-reactive ketones (excluding diaryl/α,β-unsaturated/α-hetero) is 1. The van der Waals surface area contributed by atoms with Crippen LogP contribution in [0.25, 0.3) is 0 Å². The van der Waals surface area contributed by atoms with Crippen molar-refractivity contribution >= 4 is 11.8 Å². The molecule has 0 aromatic rings. The third-order valence-corrected chi connectivity index (χ3v) is 10.7. The van der Waals surface area contributed by atoms with Crippen LogP contribution in [-0.4, -0.2) is 135 Å². The molecule has 0 amide bonds. The van der Waals surface area contributed by atoms with Crippen molar-refractivity contribution in [1.82, 2.24) is 14.7 Å². The molecule has 3 rings (SSSR count). The van der Waals surface area contributed by atoms with Gasteiger partial charge >= 0.3 is 5.97 Å². The number of cyclic esters (lactones) is 1. The number of methoxy groups -OCH3 is 1. The van der Waals surface area contributed by atoms with Crippen LogP contribution in [0, 0.1) is 23.2 Å². The Bertz CT molecular complexity index is 941. The van der Waals surface area contributed by atoms with Crippen LogP contribution < -0.4 is 0 Å². The van der Waals surface area contributed by atoms with Crippen molar-refractivity contribution in [2.24, 2.45) is 23.2 Å². The van der Waals surface area contributed by atoms with Gasteiger partial charge in [0.05, 0.1) is 17.8 Å². The highest BCUT2D eigenvalue weighted by Gasteiger charge is 2.52. The maximum atomic E-state index is 14.2. The minimum atomic E-state index is -1.39. The summed E-state index contributed by atoms with van der Waals surface area (Å²) in [7, 11) is 9.77. The van der Waals surface area contributed by atoms with E-state index < -0.39 is 41.4 Å². The minimum absolute atomic E-state index is 0.0630. The van der Waals surface area contributed by atoms with Gasteiger partial charge in [-0.15, -0.1) is 0 Å². The summed E-state index contributed by atoms with van der Waals surface area (Å²) in [5.74, 6) is -0.955. The first-order valence-electron chi connectivity index (χ1n) is 16.3. The minimum Gasteiger partial charge on any atom is -0.463 e. The summed E-state index contributed by atoms with van der Waals surface area (Å²) >= 11 is 0. The normalized spacial score (nSPS) is 42.1. The first kappa shape index (κ1) is 36.3. The zero-order valence-corrected chi connectivity index (χ0v) is 29.0. The van der Waals surface area contributed by atoms with Gasteiger partial charge in [0, 0.05) is 37.7 Å². The summed E-state index contributed by atoms with van der Waals surface area (Å²) in [4.78, 5) is 34.4. The molecule has 0 unspecified atom stereocenters. The van der Waals surface area contributed by atoms with Gasteiger partial charge in [-0.2, -0.15) is 0 Å². The fraction of sp³-hybridized carbons (Fsp3) is 0.939. The topological polar surface area (TPSA) is 101 Å². The van der Waals surface area contributed by atoms with E-state index in [9.17, 15) is 14.7 Å². The van der Waals surface area contributed by atoms with Crippen molar-refractivity contribution in [2.45, 2.75) is 122 Å². The van der Waals surface area contributed by atoms with Gasteiger partial charge in [-0.25, -0.2) is 0 Å². The van der Waals surface area contributed by atoms with E-state index in [4.69, 9.17) is 18.9 Å². The van der Waals surface area contributed by atoms with E-state index in [-0.39, 0.29) is 36.5 Å². The van der Waals surface area contributed by atoms with E-state index in [2.05, 4.69) is 37.7 Å². The number of nitrogens with zero attached hydrogens (tertiary/aromatic N) is 3. The standard InChI is InChI=1S/C33H61N3O7/c1-13-35(10)24-15-23(16-24)26-19-41-31(39)32(5,6)28(38)22(4)29(33(7,40-12)17-20(2)18-36(26)11)43-30-27(37)25(34(8)9)14-21(3)42-30/h20-27,29-30,37H,13-19H2,1-12H3/t20-,21-,22+,23-,24+,25+,26+,27-,29-,30+,33-/m1/s1. The molecule has 2 aliphatic heterocycles. The molecule has 0 spiro atoms. The van der Waals surface area contributed by atoms with E-state index in [1.807, 2.05) is 32.8 Å². The van der Waals surface area contributed by atoms with Crippen LogP contribution in [0.1, 0.15) is 74.1 Å². The lowest BCUT2D eigenvalue weighted by molar-refractivity contribution is -0.295. The van der Waals surface area contributed by atoms with Gasteiger partial charge in [0.15, 0.2) is 12.1 Å². The molecule has 10 nitrogen and oxygen atoms in total. The molecule has 1 N–H and O–H groups in total. The average molecular weight is 612 g/mol. The van der Waals surface area contributed by atoms with Crippen LogP contribution >= 0.6 is 0 Å². The lowest BCUT2D eigenvalue weighted by atomic mass is 9.74. The molecule has 2 saturated heterocycles. The lowest BCUT2D eigenvalue weighted by Gasteiger charge is -2.48. The number of hydrogen-bond donors (Lipinski definition) is 1. The van der Waals surface area contributed by atoms with Crippen LogP contribution in [0.15, 0.2) is 0 Å². The molecule has 250 valence electrons. The van der Waals surface area contributed by atoms with Crippen molar-refractivity contribution < 1.29 is 33.6 Å². The lowest BCUT2D eigenvalue weighted by Crippen LogP contribution is -2.59. The molecule has 3 fully saturated rings. The Morgan fingerprint density at radius 2 is 1.70 bits per heavy atom. The highest BCUT2D eigenvalue weighted by molar-refractivity contribution is 6.04. The first-order valence-corrected chi connectivity index (χ1v) is 16.3. The molecular weight excluding hydrogens is 550 g/mol. The number of aliphatic hydroxyl groups excluding tert-OH is 1. The first-order chi connectivity index (χ1) is 20.0. The number of hydrogen-bond acceptors (Lipinski definition) is 10. The van der Waals surface area contributed by atoms with Gasteiger partial charge in [0.1, 0.15) is 18.1 Å². The van der Waals surface area contributed by atoms with Crippen molar-refractivity contribution in [3.8, 4) is 0 Å². The SMILES string of the molecule is CCN(C)[C@H]1C[C@@H]([C@@H]2COC(=O)C(C)(C)C(=O)[C@H](C)[C@@H](O[C@@H]3O[C@H](C)C[C@H](N(C)C)[C@H]3O)[C@](C)(OC)C[C@@H](C)CN2C)C1. The molecule has 1 saturated carbocycles. The number of rotatable bonds is 7. The monoisotopic (exact) mass is 611 g/mol. The molecule has 1 aliphatic carbocycles. The quantitative estimate of drug-likeness (QED) is 0.342. The van der Waals surface area contributed by atoms with Crippen LogP contribution in [0.3, 0.4) is 0 Å². The maximum absolute atomic E-state index is 14.2. The van der Waals surface area contributed by atoms with Gasteiger partial charge in [-0.3, -0.25) is 14.5 Å². The van der Waals surface area contributed by atoms with Crippen LogP contribution in [-0.2, 0) is 28.5 Å². The van der Waals surface area contributed by atoms with Gasteiger partial charge in [-0.05, 0) is 99.9 Å². The van der Waals surface area contributed by atoms with Gasteiger partial charge in [-0.1, -0.05) is 20.8 Å². The summed E-state index contributed by atoms with van der Waals surface area (Å²) in [6.45, 7) is 15.4. The van der Waals surface area contributed by atoms with E-state index in [0.717, 1.165) is 25.9 Å². The predicted octanol–water partition coefficient (Wildman–Crippen LogP) is 3.05. The Hall–Kier alpha value is -1.14. The van der Waals surface area contributed by atoms with E-state index >= 15 is 0 Å². The van der Waals surface area contributed by atoms with E-state index in [1.54, 1.807) is 27.9 Å². The van der Waals surface area contributed by atoms with Gasteiger partial charge in [0.2, 0.25) is 0 Å². The van der Waals surface area contributed by atoms with Crippen molar-refractivity contribution in [1.29, 1.82) is 0 Å². The largest absolute Gasteiger partial charge is 0.463 e. The summed E-state index contributed by atoms with van der Waals surface area (Å²) < 4.78 is 25.0. The Morgan fingerprint density at radius 1 is 1.07 bits per heavy atom. The highest BCUT2D eigenvalue weighted by Crippen LogP contribution is 2.40. The number of esters is 1. The number of ether oxygens (including phenoxy) is 4. The zero-order chi connectivity index (χ0) is 32.4. The molecule has 3 aliphatic rings. The summed E-state index contributed by atoms with van der Waals surface area (Å²) in [5, 5.41) is 11.3. The summed E-state index contributed by atoms with van der Waals surface area (Å²) in [6, 6.07) is 0.442. The molecule has 0 aromatic heterocycles. The fourth-order valence-electron chi connectivity index (χ4n) is 7.62. The Morgan fingerprint density at radius 3 is 2.26 bits per heavy atom.